The summed E-state index contributed by atoms with van der Waals surface area (Å²) in [6.45, 7) is 9.07. The van der Waals surface area contributed by atoms with Crippen LogP contribution in [0.25, 0.3) is 0 Å². The van der Waals surface area contributed by atoms with Crippen LogP contribution in [0.15, 0.2) is 12.4 Å². The average molecular weight is 389 g/mol. The van der Waals surface area contributed by atoms with Crippen molar-refractivity contribution in [1.29, 1.82) is 0 Å². The highest BCUT2D eigenvalue weighted by Crippen LogP contribution is 2.25. The summed E-state index contributed by atoms with van der Waals surface area (Å²) in [6, 6.07) is 2.03. The quantitative estimate of drug-likeness (QED) is 0.677. The summed E-state index contributed by atoms with van der Waals surface area (Å²) >= 11 is 0. The van der Waals surface area contributed by atoms with Gasteiger partial charge in [-0.15, -0.1) is 0 Å². The fourth-order valence-electron chi connectivity index (χ4n) is 4.27. The number of carbonyl (C=O) groups excluding carboxylic acids is 1. The molecule has 0 bridgehead atoms. The number of carbonyl (C=O) groups is 1. The molecule has 7 nitrogen and oxygen atoms in total. The Morgan fingerprint density at radius 1 is 1.18 bits per heavy atom. The van der Waals surface area contributed by atoms with Crippen LogP contribution in [-0.2, 0) is 4.79 Å². The van der Waals surface area contributed by atoms with Gasteiger partial charge in [0.1, 0.15) is 18.0 Å². The van der Waals surface area contributed by atoms with Gasteiger partial charge in [0, 0.05) is 45.2 Å². The molecule has 0 spiro atoms. The van der Waals surface area contributed by atoms with Gasteiger partial charge in [-0.2, -0.15) is 0 Å². The second-order valence-electron chi connectivity index (χ2n) is 8.04. The lowest BCUT2D eigenvalue weighted by molar-refractivity contribution is -0.121. The van der Waals surface area contributed by atoms with Crippen LogP contribution in [0.3, 0.4) is 0 Å². The van der Waals surface area contributed by atoms with Gasteiger partial charge in [0.15, 0.2) is 0 Å². The normalized spacial score (nSPS) is 20.8. The van der Waals surface area contributed by atoms with Crippen LogP contribution in [0.2, 0.25) is 0 Å². The van der Waals surface area contributed by atoms with Gasteiger partial charge in [-0.25, -0.2) is 9.97 Å². The van der Waals surface area contributed by atoms with Gasteiger partial charge < -0.3 is 20.4 Å². The van der Waals surface area contributed by atoms with Crippen LogP contribution in [-0.4, -0.2) is 66.6 Å². The zero-order valence-electron chi connectivity index (χ0n) is 17.3. The van der Waals surface area contributed by atoms with E-state index in [0.29, 0.717) is 12.3 Å². The molecule has 0 saturated carbocycles. The van der Waals surface area contributed by atoms with Crippen molar-refractivity contribution in [3.8, 4) is 0 Å². The SMILES string of the molecule is CCNc1cc(N2CCC[C@H](CCC(=O)NCCN3CCCCC3)C2)ncn1. The Balaban J connectivity index is 1.37. The summed E-state index contributed by atoms with van der Waals surface area (Å²) in [5.74, 6) is 2.62. The smallest absolute Gasteiger partial charge is 0.220 e. The molecule has 0 aliphatic carbocycles. The van der Waals surface area contributed by atoms with Crippen molar-refractivity contribution in [2.75, 3.05) is 56.0 Å². The summed E-state index contributed by atoms with van der Waals surface area (Å²) in [5, 5.41) is 6.36. The van der Waals surface area contributed by atoms with Gasteiger partial charge >= 0.3 is 0 Å². The van der Waals surface area contributed by atoms with Gasteiger partial charge in [-0.3, -0.25) is 4.79 Å². The van der Waals surface area contributed by atoms with E-state index in [0.717, 1.165) is 57.2 Å². The molecule has 3 heterocycles. The molecule has 3 rings (SSSR count). The molecule has 2 N–H and O–H groups in total. The molecule has 1 aromatic heterocycles. The molecule has 156 valence electrons. The zero-order valence-corrected chi connectivity index (χ0v) is 17.3. The number of rotatable bonds is 9. The number of likely N-dealkylation sites (tertiary alicyclic amines) is 1. The molecule has 1 atom stereocenters. The van der Waals surface area contributed by atoms with Crippen molar-refractivity contribution in [1.82, 2.24) is 20.2 Å². The summed E-state index contributed by atoms with van der Waals surface area (Å²) in [7, 11) is 0. The van der Waals surface area contributed by atoms with E-state index < -0.39 is 0 Å². The number of nitrogens with one attached hydrogen (secondary N) is 2. The van der Waals surface area contributed by atoms with Crippen molar-refractivity contribution in [3.63, 3.8) is 0 Å². The fraction of sp³-hybridized carbons (Fsp3) is 0.762. The Labute approximate surface area is 169 Å². The van der Waals surface area contributed by atoms with Gasteiger partial charge in [0.25, 0.3) is 0 Å². The Morgan fingerprint density at radius 3 is 2.86 bits per heavy atom. The van der Waals surface area contributed by atoms with E-state index >= 15 is 0 Å². The lowest BCUT2D eigenvalue weighted by Crippen LogP contribution is -2.38. The monoisotopic (exact) mass is 388 g/mol. The summed E-state index contributed by atoms with van der Waals surface area (Å²) in [6.07, 6.45) is 9.52. The minimum atomic E-state index is 0.200. The van der Waals surface area contributed by atoms with Crippen LogP contribution >= 0.6 is 0 Å². The second-order valence-corrected chi connectivity index (χ2v) is 8.04. The van der Waals surface area contributed by atoms with Crippen molar-refractivity contribution >= 4 is 17.5 Å². The number of anilines is 2. The third kappa shape index (κ3) is 6.62. The lowest BCUT2D eigenvalue weighted by Gasteiger charge is -2.33. The standard InChI is InChI=1S/C21H36N6O/c1-2-22-19-15-20(25-17-24-19)27-13-6-7-18(16-27)8-9-21(28)23-10-14-26-11-4-3-5-12-26/h15,17-18H,2-14,16H2,1H3,(H,23,28)(H,22,24,25)/t18-/m1/s1. The molecule has 0 aromatic carbocycles. The summed E-state index contributed by atoms with van der Waals surface area (Å²) in [4.78, 5) is 25.7. The summed E-state index contributed by atoms with van der Waals surface area (Å²) in [5.41, 5.74) is 0. The maximum atomic E-state index is 12.2. The molecule has 2 saturated heterocycles. The highest BCUT2D eigenvalue weighted by atomic mass is 16.1. The van der Waals surface area contributed by atoms with E-state index in [4.69, 9.17) is 0 Å². The van der Waals surface area contributed by atoms with Crippen molar-refractivity contribution in [2.45, 2.75) is 51.9 Å². The molecule has 28 heavy (non-hydrogen) atoms. The lowest BCUT2D eigenvalue weighted by atomic mass is 9.93. The van der Waals surface area contributed by atoms with E-state index in [1.165, 1.54) is 38.8 Å². The van der Waals surface area contributed by atoms with Crippen LogP contribution in [0.4, 0.5) is 11.6 Å². The topological polar surface area (TPSA) is 73.4 Å². The van der Waals surface area contributed by atoms with Crippen molar-refractivity contribution in [3.05, 3.63) is 12.4 Å². The van der Waals surface area contributed by atoms with E-state index in [-0.39, 0.29) is 5.91 Å². The molecule has 2 aliphatic heterocycles. The van der Waals surface area contributed by atoms with Crippen LogP contribution in [0, 0.1) is 5.92 Å². The van der Waals surface area contributed by atoms with Crippen LogP contribution < -0.4 is 15.5 Å². The van der Waals surface area contributed by atoms with Gasteiger partial charge in [-0.1, -0.05) is 6.42 Å². The van der Waals surface area contributed by atoms with Gasteiger partial charge in [0.05, 0.1) is 0 Å². The first-order valence-corrected chi connectivity index (χ1v) is 11.0. The Hall–Kier alpha value is -1.89. The number of piperidine rings is 2. The Kier molecular flexibility index (Phi) is 8.33. The predicted octanol–water partition coefficient (Wildman–Crippen LogP) is 2.51. The van der Waals surface area contributed by atoms with Crippen LogP contribution in [0.1, 0.15) is 51.9 Å². The summed E-state index contributed by atoms with van der Waals surface area (Å²) < 4.78 is 0. The number of amides is 1. The minimum Gasteiger partial charge on any atom is -0.370 e. The number of nitrogens with zero attached hydrogens (tertiary/aromatic N) is 4. The van der Waals surface area contributed by atoms with E-state index in [1.54, 1.807) is 6.33 Å². The largest absolute Gasteiger partial charge is 0.370 e. The molecule has 0 radical (unpaired) electrons. The first-order valence-electron chi connectivity index (χ1n) is 11.0. The third-order valence-electron chi connectivity index (χ3n) is 5.83. The van der Waals surface area contributed by atoms with E-state index in [2.05, 4.69) is 37.3 Å². The molecular formula is C21H36N6O. The molecule has 7 heteroatoms. The highest BCUT2D eigenvalue weighted by molar-refractivity contribution is 5.75. The zero-order chi connectivity index (χ0) is 19.6. The van der Waals surface area contributed by atoms with Crippen LogP contribution in [0.5, 0.6) is 0 Å². The van der Waals surface area contributed by atoms with E-state index in [1.807, 2.05) is 6.07 Å². The predicted molar refractivity (Wildman–Crippen MR) is 114 cm³/mol. The maximum Gasteiger partial charge on any atom is 0.220 e. The first kappa shape index (κ1) is 20.8. The molecule has 1 aromatic rings. The second kappa shape index (κ2) is 11.2. The molecular weight excluding hydrogens is 352 g/mol. The number of aromatic nitrogens is 2. The molecule has 1 amide bonds. The minimum absolute atomic E-state index is 0.200. The van der Waals surface area contributed by atoms with Crippen molar-refractivity contribution < 1.29 is 4.79 Å². The highest BCUT2D eigenvalue weighted by Gasteiger charge is 2.22. The molecule has 0 unspecified atom stereocenters. The van der Waals surface area contributed by atoms with Crippen molar-refractivity contribution in [2.24, 2.45) is 5.92 Å². The molecule has 2 aliphatic rings. The Bertz CT molecular complexity index is 604. The number of hydrogen-bond donors (Lipinski definition) is 2. The fourth-order valence-corrected chi connectivity index (χ4v) is 4.27. The average Bonchev–Trinajstić information content (AvgIpc) is 2.74. The first-order chi connectivity index (χ1) is 13.7. The van der Waals surface area contributed by atoms with Gasteiger partial charge in [0.2, 0.25) is 5.91 Å². The van der Waals surface area contributed by atoms with E-state index in [9.17, 15) is 4.79 Å². The third-order valence-corrected chi connectivity index (χ3v) is 5.83. The molecule has 2 fully saturated rings. The maximum absolute atomic E-state index is 12.2. The Morgan fingerprint density at radius 2 is 2.04 bits per heavy atom. The van der Waals surface area contributed by atoms with Gasteiger partial charge in [-0.05, 0) is 58.0 Å². The number of hydrogen-bond acceptors (Lipinski definition) is 6.